The maximum Gasteiger partial charge on any atom is 0.308 e. The number of carbonyl (C=O) groups is 3. The van der Waals surface area contributed by atoms with Gasteiger partial charge in [0.1, 0.15) is 0 Å². The lowest BCUT2D eigenvalue weighted by atomic mass is 9.98. The zero-order valence-corrected chi connectivity index (χ0v) is 8.52. The van der Waals surface area contributed by atoms with Gasteiger partial charge in [0.25, 0.3) is 0 Å². The molecule has 1 saturated heterocycles. The minimum Gasteiger partial charge on any atom is -0.481 e. The first-order valence-electron chi connectivity index (χ1n) is 4.75. The predicted octanol–water partition coefficient (Wildman–Crippen LogP) is -0.944. The van der Waals surface area contributed by atoms with E-state index in [4.69, 9.17) is 5.11 Å². The summed E-state index contributed by atoms with van der Waals surface area (Å²) in [7, 11) is 1.48. The number of hydrogen-bond donors (Lipinski definition) is 2. The molecule has 0 aromatic heterocycles. The summed E-state index contributed by atoms with van der Waals surface area (Å²) >= 11 is 0. The molecule has 84 valence electrons. The Morgan fingerprint density at radius 3 is 2.80 bits per heavy atom. The molecule has 0 aromatic rings. The van der Waals surface area contributed by atoms with Gasteiger partial charge in [-0.1, -0.05) is 0 Å². The fraction of sp³-hybridized carbons (Fsp3) is 0.667. The number of rotatable bonds is 3. The highest BCUT2D eigenvalue weighted by Crippen LogP contribution is 2.17. The summed E-state index contributed by atoms with van der Waals surface area (Å²) in [5, 5.41) is 11.2. The lowest BCUT2D eigenvalue weighted by molar-refractivity contribution is -0.148. The summed E-state index contributed by atoms with van der Waals surface area (Å²) in [5.41, 5.74) is 0. The van der Waals surface area contributed by atoms with Crippen molar-refractivity contribution in [3.05, 3.63) is 0 Å². The minimum absolute atomic E-state index is 0.0564. The smallest absolute Gasteiger partial charge is 0.308 e. The van der Waals surface area contributed by atoms with Gasteiger partial charge in [-0.25, -0.2) is 0 Å². The molecular weight excluding hydrogens is 200 g/mol. The van der Waals surface area contributed by atoms with Crippen molar-refractivity contribution in [2.24, 2.45) is 5.92 Å². The van der Waals surface area contributed by atoms with Crippen molar-refractivity contribution in [3.63, 3.8) is 0 Å². The second-order valence-corrected chi connectivity index (χ2v) is 3.52. The van der Waals surface area contributed by atoms with E-state index in [-0.39, 0.29) is 31.3 Å². The van der Waals surface area contributed by atoms with Crippen LogP contribution in [0.3, 0.4) is 0 Å². The summed E-state index contributed by atoms with van der Waals surface area (Å²) in [6.45, 7) is 0.0701. The van der Waals surface area contributed by atoms with Crippen molar-refractivity contribution in [1.82, 2.24) is 10.2 Å². The Kier molecular flexibility index (Phi) is 3.65. The van der Waals surface area contributed by atoms with Crippen molar-refractivity contribution in [1.29, 1.82) is 0 Å². The topological polar surface area (TPSA) is 86.7 Å². The van der Waals surface area contributed by atoms with E-state index in [0.29, 0.717) is 6.42 Å². The second kappa shape index (κ2) is 4.77. The molecule has 1 aliphatic heterocycles. The molecule has 0 bridgehead atoms. The number of amides is 2. The van der Waals surface area contributed by atoms with Crippen LogP contribution in [-0.4, -0.2) is 47.9 Å². The van der Waals surface area contributed by atoms with Crippen LogP contribution in [0.1, 0.15) is 12.8 Å². The highest BCUT2D eigenvalue weighted by atomic mass is 16.4. The number of aliphatic carboxylic acids is 1. The zero-order valence-electron chi connectivity index (χ0n) is 8.52. The highest BCUT2D eigenvalue weighted by Gasteiger charge is 2.30. The van der Waals surface area contributed by atoms with Crippen molar-refractivity contribution < 1.29 is 19.5 Å². The van der Waals surface area contributed by atoms with E-state index >= 15 is 0 Å². The number of likely N-dealkylation sites (tertiary alicyclic amines) is 1. The van der Waals surface area contributed by atoms with Gasteiger partial charge in [-0.15, -0.1) is 0 Å². The molecule has 0 aliphatic carbocycles. The van der Waals surface area contributed by atoms with Gasteiger partial charge in [0.05, 0.1) is 12.5 Å². The first kappa shape index (κ1) is 11.5. The fourth-order valence-electron chi connectivity index (χ4n) is 1.52. The average Bonchev–Trinajstić information content (AvgIpc) is 2.20. The van der Waals surface area contributed by atoms with Gasteiger partial charge < -0.3 is 15.3 Å². The van der Waals surface area contributed by atoms with Crippen LogP contribution in [0.15, 0.2) is 0 Å². The molecule has 0 aromatic carbocycles. The molecule has 15 heavy (non-hydrogen) atoms. The summed E-state index contributed by atoms with van der Waals surface area (Å²) in [6, 6.07) is 0. The Balaban J connectivity index is 2.57. The molecular formula is C9H14N2O4. The lowest BCUT2D eigenvalue weighted by Gasteiger charge is -2.29. The number of carboxylic acids is 1. The van der Waals surface area contributed by atoms with E-state index in [0.717, 1.165) is 0 Å². The Bertz CT molecular complexity index is 290. The number of nitrogens with zero attached hydrogens (tertiary/aromatic N) is 1. The third-order valence-corrected chi connectivity index (χ3v) is 2.46. The first-order valence-corrected chi connectivity index (χ1v) is 4.75. The molecule has 2 N–H and O–H groups in total. The Hall–Kier alpha value is -1.59. The molecule has 1 unspecified atom stereocenters. The maximum absolute atomic E-state index is 11.4. The summed E-state index contributed by atoms with van der Waals surface area (Å²) < 4.78 is 0. The van der Waals surface area contributed by atoms with Crippen molar-refractivity contribution >= 4 is 17.8 Å². The number of likely N-dealkylation sites (N-methyl/N-ethyl adjacent to an activating group) is 1. The van der Waals surface area contributed by atoms with Gasteiger partial charge in [-0.3, -0.25) is 14.4 Å². The van der Waals surface area contributed by atoms with Gasteiger partial charge in [0, 0.05) is 20.0 Å². The van der Waals surface area contributed by atoms with Gasteiger partial charge in [0.15, 0.2) is 0 Å². The normalized spacial score (nSPS) is 21.3. The zero-order chi connectivity index (χ0) is 11.4. The van der Waals surface area contributed by atoms with Crippen LogP contribution < -0.4 is 5.32 Å². The summed E-state index contributed by atoms with van der Waals surface area (Å²) in [5.74, 6) is -1.90. The van der Waals surface area contributed by atoms with Gasteiger partial charge in [-0.2, -0.15) is 0 Å². The SMILES string of the molecule is CNC(=O)CN1CC(C(=O)O)CCC1=O. The summed E-state index contributed by atoms with van der Waals surface area (Å²) in [4.78, 5) is 34.4. The molecule has 1 aliphatic rings. The lowest BCUT2D eigenvalue weighted by Crippen LogP contribution is -2.46. The van der Waals surface area contributed by atoms with E-state index in [9.17, 15) is 14.4 Å². The molecule has 6 heteroatoms. The summed E-state index contributed by atoms with van der Waals surface area (Å²) in [6.07, 6.45) is 0.562. The largest absolute Gasteiger partial charge is 0.481 e. The van der Waals surface area contributed by atoms with Crippen molar-refractivity contribution in [2.45, 2.75) is 12.8 Å². The quantitative estimate of drug-likeness (QED) is 0.634. The highest BCUT2D eigenvalue weighted by molar-refractivity contribution is 5.86. The monoisotopic (exact) mass is 214 g/mol. The Morgan fingerprint density at radius 2 is 2.27 bits per heavy atom. The molecule has 0 radical (unpaired) electrons. The van der Waals surface area contributed by atoms with Crippen LogP contribution in [0, 0.1) is 5.92 Å². The second-order valence-electron chi connectivity index (χ2n) is 3.52. The minimum atomic E-state index is -0.913. The van der Waals surface area contributed by atoms with E-state index < -0.39 is 11.9 Å². The number of carboxylic acid groups (broad SMARTS) is 1. The maximum atomic E-state index is 11.4. The molecule has 0 spiro atoms. The first-order chi connectivity index (χ1) is 7.04. The molecule has 0 saturated carbocycles. The van der Waals surface area contributed by atoms with Crippen LogP contribution in [-0.2, 0) is 14.4 Å². The van der Waals surface area contributed by atoms with E-state index in [1.54, 1.807) is 0 Å². The van der Waals surface area contributed by atoms with E-state index in [2.05, 4.69) is 5.32 Å². The van der Waals surface area contributed by atoms with Crippen LogP contribution >= 0.6 is 0 Å². The third kappa shape index (κ3) is 2.93. The molecule has 1 heterocycles. The van der Waals surface area contributed by atoms with Gasteiger partial charge >= 0.3 is 5.97 Å². The Labute approximate surface area is 87.2 Å². The van der Waals surface area contributed by atoms with E-state index in [1.165, 1.54) is 11.9 Å². The van der Waals surface area contributed by atoms with Crippen molar-refractivity contribution in [3.8, 4) is 0 Å². The number of carbonyl (C=O) groups excluding carboxylic acids is 2. The molecule has 2 amide bonds. The van der Waals surface area contributed by atoms with E-state index in [1.807, 2.05) is 0 Å². The van der Waals surface area contributed by atoms with Crippen LogP contribution in [0.2, 0.25) is 0 Å². The Morgan fingerprint density at radius 1 is 1.60 bits per heavy atom. The van der Waals surface area contributed by atoms with Crippen molar-refractivity contribution in [2.75, 3.05) is 20.1 Å². The predicted molar refractivity (Wildman–Crippen MR) is 51.0 cm³/mol. The standard InChI is InChI=1S/C9H14N2O4/c1-10-7(12)5-11-4-6(9(14)15)2-3-8(11)13/h6H,2-5H2,1H3,(H,10,12)(H,14,15). The van der Waals surface area contributed by atoms with Crippen LogP contribution in [0.4, 0.5) is 0 Å². The molecule has 1 fully saturated rings. The number of nitrogens with one attached hydrogen (secondary N) is 1. The number of hydrogen-bond acceptors (Lipinski definition) is 3. The third-order valence-electron chi connectivity index (χ3n) is 2.46. The van der Waals surface area contributed by atoms with Gasteiger partial charge in [0.2, 0.25) is 11.8 Å². The molecule has 6 nitrogen and oxygen atoms in total. The fourth-order valence-corrected chi connectivity index (χ4v) is 1.52. The molecule has 1 rings (SSSR count). The van der Waals surface area contributed by atoms with Crippen LogP contribution in [0.25, 0.3) is 0 Å². The average molecular weight is 214 g/mol. The van der Waals surface area contributed by atoms with Crippen LogP contribution in [0.5, 0.6) is 0 Å². The number of piperidine rings is 1. The van der Waals surface area contributed by atoms with Gasteiger partial charge in [-0.05, 0) is 6.42 Å². The molecule has 1 atom stereocenters.